The minimum absolute atomic E-state index is 0.0773. The van der Waals surface area contributed by atoms with Crippen molar-refractivity contribution in [2.45, 2.75) is 19.3 Å². The largest absolute Gasteiger partial charge is 0.378 e. The molecule has 5 nitrogen and oxygen atoms in total. The lowest BCUT2D eigenvalue weighted by molar-refractivity contribution is -0.121. The molecule has 0 aromatic heterocycles. The SMILES string of the molecule is NCCOCCOCCNC(=O)CCCc1ccc(I)cc1. The van der Waals surface area contributed by atoms with Crippen LogP contribution in [0, 0.1) is 3.57 Å². The van der Waals surface area contributed by atoms with Crippen molar-refractivity contribution < 1.29 is 14.3 Å². The first kappa shape index (κ1) is 19.3. The van der Waals surface area contributed by atoms with Gasteiger partial charge in [0.25, 0.3) is 0 Å². The van der Waals surface area contributed by atoms with Crippen LogP contribution in [0.2, 0.25) is 0 Å². The molecule has 0 atom stereocenters. The zero-order valence-electron chi connectivity index (χ0n) is 12.9. The molecular formula is C16H25IN2O3. The Bertz CT molecular complexity index is 412. The third-order valence-corrected chi connectivity index (χ3v) is 3.70. The Balaban J connectivity index is 1.94. The van der Waals surface area contributed by atoms with Crippen molar-refractivity contribution in [3.63, 3.8) is 0 Å². The minimum atomic E-state index is 0.0773. The maximum atomic E-state index is 11.7. The predicted octanol–water partition coefficient (Wildman–Crippen LogP) is 1.72. The molecule has 1 amide bonds. The summed E-state index contributed by atoms with van der Waals surface area (Å²) in [5.74, 6) is 0.0773. The molecule has 0 heterocycles. The number of aryl methyl sites for hydroxylation is 1. The topological polar surface area (TPSA) is 73.6 Å². The van der Waals surface area contributed by atoms with Crippen LogP contribution in [-0.4, -0.2) is 45.4 Å². The smallest absolute Gasteiger partial charge is 0.220 e. The number of hydrogen-bond acceptors (Lipinski definition) is 4. The second-order valence-electron chi connectivity index (χ2n) is 4.84. The monoisotopic (exact) mass is 420 g/mol. The number of nitrogens with one attached hydrogen (secondary N) is 1. The summed E-state index contributed by atoms with van der Waals surface area (Å²) in [7, 11) is 0. The van der Waals surface area contributed by atoms with E-state index in [4.69, 9.17) is 15.2 Å². The van der Waals surface area contributed by atoms with Gasteiger partial charge >= 0.3 is 0 Å². The van der Waals surface area contributed by atoms with E-state index < -0.39 is 0 Å². The summed E-state index contributed by atoms with van der Waals surface area (Å²) in [6, 6.07) is 8.40. The van der Waals surface area contributed by atoms with E-state index in [-0.39, 0.29) is 5.91 Å². The zero-order chi connectivity index (χ0) is 16.0. The first-order chi connectivity index (χ1) is 10.7. The number of carbonyl (C=O) groups is 1. The van der Waals surface area contributed by atoms with E-state index in [1.165, 1.54) is 9.13 Å². The predicted molar refractivity (Wildman–Crippen MR) is 95.8 cm³/mol. The normalized spacial score (nSPS) is 10.6. The van der Waals surface area contributed by atoms with Gasteiger partial charge in [0.1, 0.15) is 0 Å². The van der Waals surface area contributed by atoms with E-state index in [0.717, 1.165) is 12.8 Å². The molecule has 0 fully saturated rings. The van der Waals surface area contributed by atoms with E-state index in [1.54, 1.807) is 0 Å². The summed E-state index contributed by atoms with van der Waals surface area (Å²) in [6.45, 7) is 3.21. The molecule has 0 saturated carbocycles. The van der Waals surface area contributed by atoms with Gasteiger partial charge in [0.2, 0.25) is 5.91 Å². The lowest BCUT2D eigenvalue weighted by Gasteiger charge is -2.07. The van der Waals surface area contributed by atoms with Crippen molar-refractivity contribution in [1.82, 2.24) is 5.32 Å². The number of nitrogens with two attached hydrogens (primary N) is 1. The summed E-state index contributed by atoms with van der Waals surface area (Å²) in [6.07, 6.45) is 2.34. The minimum Gasteiger partial charge on any atom is -0.378 e. The van der Waals surface area contributed by atoms with Crippen LogP contribution in [0.4, 0.5) is 0 Å². The Hall–Kier alpha value is -0.700. The van der Waals surface area contributed by atoms with Gasteiger partial charge in [0.15, 0.2) is 0 Å². The van der Waals surface area contributed by atoms with E-state index in [1.807, 2.05) is 0 Å². The molecule has 0 unspecified atom stereocenters. The van der Waals surface area contributed by atoms with E-state index in [0.29, 0.717) is 45.9 Å². The number of hydrogen-bond donors (Lipinski definition) is 2. The molecule has 0 bridgehead atoms. The van der Waals surface area contributed by atoms with Gasteiger partial charge in [0.05, 0.1) is 26.4 Å². The number of halogens is 1. The first-order valence-electron chi connectivity index (χ1n) is 7.59. The van der Waals surface area contributed by atoms with Gasteiger partial charge in [-0.05, 0) is 53.1 Å². The summed E-state index contributed by atoms with van der Waals surface area (Å²) in [5, 5.41) is 2.85. The maximum Gasteiger partial charge on any atom is 0.220 e. The molecule has 0 aliphatic rings. The summed E-state index contributed by atoms with van der Waals surface area (Å²) < 4.78 is 11.7. The molecule has 124 valence electrons. The van der Waals surface area contributed by atoms with Crippen LogP contribution < -0.4 is 11.1 Å². The van der Waals surface area contributed by atoms with Gasteiger partial charge in [-0.25, -0.2) is 0 Å². The van der Waals surface area contributed by atoms with Crippen LogP contribution >= 0.6 is 22.6 Å². The van der Waals surface area contributed by atoms with Crippen LogP contribution in [0.15, 0.2) is 24.3 Å². The van der Waals surface area contributed by atoms with Crippen molar-refractivity contribution >= 4 is 28.5 Å². The molecule has 0 aliphatic heterocycles. The Morgan fingerprint density at radius 2 is 1.77 bits per heavy atom. The Kier molecular flexibility index (Phi) is 11.3. The van der Waals surface area contributed by atoms with Gasteiger partial charge < -0.3 is 20.5 Å². The fourth-order valence-corrected chi connectivity index (χ4v) is 2.22. The maximum absolute atomic E-state index is 11.7. The third-order valence-electron chi connectivity index (χ3n) is 2.99. The average Bonchev–Trinajstić information content (AvgIpc) is 2.52. The molecule has 0 saturated heterocycles. The summed E-state index contributed by atoms with van der Waals surface area (Å²) in [5.41, 5.74) is 6.57. The van der Waals surface area contributed by atoms with Gasteiger partial charge in [-0.1, -0.05) is 12.1 Å². The average molecular weight is 420 g/mol. The number of rotatable bonds is 12. The Morgan fingerprint density at radius 1 is 1.09 bits per heavy atom. The number of ether oxygens (including phenoxy) is 2. The van der Waals surface area contributed by atoms with Crippen molar-refractivity contribution in [1.29, 1.82) is 0 Å². The summed E-state index contributed by atoms with van der Waals surface area (Å²) in [4.78, 5) is 11.7. The van der Waals surface area contributed by atoms with E-state index >= 15 is 0 Å². The molecule has 0 aliphatic carbocycles. The van der Waals surface area contributed by atoms with Gasteiger partial charge in [0, 0.05) is 23.1 Å². The fourth-order valence-electron chi connectivity index (χ4n) is 1.86. The summed E-state index contributed by atoms with van der Waals surface area (Å²) >= 11 is 2.29. The molecule has 1 rings (SSSR count). The first-order valence-corrected chi connectivity index (χ1v) is 8.67. The quantitative estimate of drug-likeness (QED) is 0.399. The molecule has 0 spiro atoms. The number of amides is 1. The fraction of sp³-hybridized carbons (Fsp3) is 0.562. The molecule has 1 aromatic rings. The van der Waals surface area contributed by atoms with E-state index in [2.05, 4.69) is 52.2 Å². The highest BCUT2D eigenvalue weighted by Gasteiger charge is 2.01. The highest BCUT2D eigenvalue weighted by molar-refractivity contribution is 14.1. The highest BCUT2D eigenvalue weighted by Crippen LogP contribution is 2.09. The third kappa shape index (κ3) is 10.1. The van der Waals surface area contributed by atoms with Crippen molar-refractivity contribution in [2.24, 2.45) is 5.73 Å². The van der Waals surface area contributed by atoms with Gasteiger partial charge in [-0.2, -0.15) is 0 Å². The van der Waals surface area contributed by atoms with Crippen molar-refractivity contribution in [3.8, 4) is 0 Å². The zero-order valence-corrected chi connectivity index (χ0v) is 15.0. The number of carbonyl (C=O) groups excluding carboxylic acids is 1. The molecule has 6 heteroatoms. The highest BCUT2D eigenvalue weighted by atomic mass is 127. The second-order valence-corrected chi connectivity index (χ2v) is 6.09. The van der Waals surface area contributed by atoms with Gasteiger partial charge in [-0.3, -0.25) is 4.79 Å². The van der Waals surface area contributed by atoms with Crippen LogP contribution in [0.5, 0.6) is 0 Å². The lowest BCUT2D eigenvalue weighted by atomic mass is 10.1. The Labute approximate surface area is 146 Å². The van der Waals surface area contributed by atoms with Crippen LogP contribution in [0.1, 0.15) is 18.4 Å². The van der Waals surface area contributed by atoms with Crippen molar-refractivity contribution in [2.75, 3.05) is 39.5 Å². The molecular weight excluding hydrogens is 395 g/mol. The molecule has 0 radical (unpaired) electrons. The Morgan fingerprint density at radius 3 is 2.45 bits per heavy atom. The van der Waals surface area contributed by atoms with Crippen LogP contribution in [-0.2, 0) is 20.7 Å². The molecule has 22 heavy (non-hydrogen) atoms. The van der Waals surface area contributed by atoms with Crippen LogP contribution in [0.25, 0.3) is 0 Å². The number of benzene rings is 1. The van der Waals surface area contributed by atoms with Crippen LogP contribution in [0.3, 0.4) is 0 Å². The molecule has 1 aromatic carbocycles. The lowest BCUT2D eigenvalue weighted by Crippen LogP contribution is -2.27. The van der Waals surface area contributed by atoms with E-state index in [9.17, 15) is 4.79 Å². The second kappa shape index (κ2) is 12.8. The molecule has 3 N–H and O–H groups in total. The van der Waals surface area contributed by atoms with Gasteiger partial charge in [-0.15, -0.1) is 0 Å². The van der Waals surface area contributed by atoms with Crippen molar-refractivity contribution in [3.05, 3.63) is 33.4 Å². The standard InChI is InChI=1S/C16H25IN2O3/c17-15-6-4-14(5-7-15)2-1-3-16(20)19-9-11-22-13-12-21-10-8-18/h4-7H,1-3,8-13,18H2,(H,19,20).